The molecule has 1 amide bonds. The number of hydrogen-bond acceptors (Lipinski definition) is 2. The van der Waals surface area contributed by atoms with Gasteiger partial charge in [-0.2, -0.15) is 0 Å². The minimum Gasteiger partial charge on any atom is -0.481 e. The van der Waals surface area contributed by atoms with Crippen molar-refractivity contribution in [1.29, 1.82) is 0 Å². The first kappa shape index (κ1) is 14.7. The zero-order chi connectivity index (χ0) is 13.7. The van der Waals surface area contributed by atoms with Crippen LogP contribution in [0.15, 0.2) is 22.7 Å². The molecule has 1 rings (SSSR count). The van der Waals surface area contributed by atoms with Gasteiger partial charge in [-0.25, -0.2) is 0 Å². The third kappa shape index (κ3) is 4.14. The van der Waals surface area contributed by atoms with Gasteiger partial charge in [0.1, 0.15) is 0 Å². The lowest BCUT2D eigenvalue weighted by Gasteiger charge is -2.15. The Morgan fingerprint density at radius 2 is 2.11 bits per heavy atom. The molecular formula is C13H16BrNO3. The van der Waals surface area contributed by atoms with Crippen LogP contribution in [0.2, 0.25) is 0 Å². The number of carbonyl (C=O) groups excluding carboxylic acids is 1. The van der Waals surface area contributed by atoms with Crippen molar-refractivity contribution in [2.45, 2.75) is 32.7 Å². The van der Waals surface area contributed by atoms with Crippen LogP contribution >= 0.6 is 15.9 Å². The van der Waals surface area contributed by atoms with Gasteiger partial charge in [0.15, 0.2) is 0 Å². The van der Waals surface area contributed by atoms with Crippen LogP contribution in [0, 0.1) is 6.92 Å². The zero-order valence-corrected chi connectivity index (χ0v) is 12.0. The number of carboxylic acid groups (broad SMARTS) is 1. The number of aryl methyl sites for hydroxylation is 1. The highest BCUT2D eigenvalue weighted by atomic mass is 79.9. The fourth-order valence-corrected chi connectivity index (χ4v) is 2.13. The van der Waals surface area contributed by atoms with Gasteiger partial charge < -0.3 is 10.4 Å². The fourth-order valence-electron chi connectivity index (χ4n) is 1.65. The Bertz CT molecular complexity index is 460. The number of amides is 1. The van der Waals surface area contributed by atoms with Gasteiger partial charge in [0.25, 0.3) is 5.91 Å². The van der Waals surface area contributed by atoms with Crippen molar-refractivity contribution < 1.29 is 14.7 Å². The second-order valence-corrected chi connectivity index (χ2v) is 5.05. The Balaban J connectivity index is 2.77. The van der Waals surface area contributed by atoms with Crippen molar-refractivity contribution in [2.24, 2.45) is 0 Å². The summed E-state index contributed by atoms with van der Waals surface area (Å²) in [7, 11) is 0. The molecule has 98 valence electrons. The zero-order valence-electron chi connectivity index (χ0n) is 10.4. The van der Waals surface area contributed by atoms with Crippen LogP contribution < -0.4 is 5.32 Å². The Morgan fingerprint density at radius 3 is 2.61 bits per heavy atom. The molecule has 0 spiro atoms. The van der Waals surface area contributed by atoms with Gasteiger partial charge in [-0.1, -0.05) is 22.9 Å². The average molecular weight is 314 g/mol. The van der Waals surface area contributed by atoms with Gasteiger partial charge in [0.2, 0.25) is 0 Å². The van der Waals surface area contributed by atoms with Crippen LogP contribution in [-0.4, -0.2) is 23.0 Å². The first-order chi connectivity index (χ1) is 8.43. The maximum Gasteiger partial charge on any atom is 0.305 e. The van der Waals surface area contributed by atoms with Crippen LogP contribution in [0.5, 0.6) is 0 Å². The van der Waals surface area contributed by atoms with Crippen LogP contribution in [0.4, 0.5) is 0 Å². The third-order valence-corrected chi connectivity index (χ3v) is 3.18. The molecule has 5 heteroatoms. The first-order valence-corrected chi connectivity index (χ1v) is 6.52. The number of hydrogen-bond donors (Lipinski definition) is 2. The highest BCUT2D eigenvalue weighted by Gasteiger charge is 2.16. The molecule has 0 aromatic heterocycles. The lowest BCUT2D eigenvalue weighted by atomic mass is 10.1. The average Bonchev–Trinajstić information content (AvgIpc) is 2.27. The van der Waals surface area contributed by atoms with Crippen LogP contribution in [-0.2, 0) is 4.79 Å². The maximum atomic E-state index is 12.0. The lowest BCUT2D eigenvalue weighted by Crippen LogP contribution is -2.36. The van der Waals surface area contributed by atoms with E-state index in [1.807, 2.05) is 19.9 Å². The second kappa shape index (κ2) is 6.54. The van der Waals surface area contributed by atoms with Gasteiger partial charge in [-0.3, -0.25) is 9.59 Å². The van der Waals surface area contributed by atoms with Gasteiger partial charge in [0, 0.05) is 16.1 Å². The molecule has 0 saturated carbocycles. The van der Waals surface area contributed by atoms with E-state index in [9.17, 15) is 9.59 Å². The summed E-state index contributed by atoms with van der Waals surface area (Å²) in [6.45, 7) is 3.69. The van der Waals surface area contributed by atoms with Gasteiger partial charge in [-0.05, 0) is 37.1 Å². The smallest absolute Gasteiger partial charge is 0.305 e. The summed E-state index contributed by atoms with van der Waals surface area (Å²) >= 11 is 3.33. The fraction of sp³-hybridized carbons (Fsp3) is 0.385. The van der Waals surface area contributed by atoms with Gasteiger partial charge in [0.05, 0.1) is 6.42 Å². The minimum absolute atomic E-state index is 0.0577. The Hall–Kier alpha value is -1.36. The Kier molecular flexibility index (Phi) is 5.34. The maximum absolute atomic E-state index is 12.0. The highest BCUT2D eigenvalue weighted by molar-refractivity contribution is 9.10. The van der Waals surface area contributed by atoms with Crippen molar-refractivity contribution in [1.82, 2.24) is 5.32 Å². The van der Waals surface area contributed by atoms with E-state index in [1.165, 1.54) is 0 Å². The van der Waals surface area contributed by atoms with Crippen LogP contribution in [0.3, 0.4) is 0 Å². The van der Waals surface area contributed by atoms with E-state index in [1.54, 1.807) is 12.1 Å². The molecule has 0 aliphatic rings. The SMILES string of the molecule is CCC(CC(=O)O)NC(=O)c1ccc(Br)cc1C. The lowest BCUT2D eigenvalue weighted by molar-refractivity contribution is -0.137. The van der Waals surface area contributed by atoms with E-state index in [4.69, 9.17) is 5.11 Å². The Labute approximate surface area is 115 Å². The molecule has 0 aliphatic heterocycles. The molecule has 4 nitrogen and oxygen atoms in total. The molecule has 1 aromatic rings. The summed E-state index contributed by atoms with van der Waals surface area (Å²) < 4.78 is 0.911. The van der Waals surface area contributed by atoms with E-state index < -0.39 is 5.97 Å². The van der Waals surface area contributed by atoms with Crippen molar-refractivity contribution in [3.05, 3.63) is 33.8 Å². The largest absolute Gasteiger partial charge is 0.481 e. The van der Waals surface area contributed by atoms with Crippen molar-refractivity contribution in [3.63, 3.8) is 0 Å². The number of nitrogens with one attached hydrogen (secondary N) is 1. The molecule has 1 aromatic carbocycles. The molecule has 2 N–H and O–H groups in total. The topological polar surface area (TPSA) is 66.4 Å². The number of carbonyl (C=O) groups is 2. The molecule has 0 fully saturated rings. The third-order valence-electron chi connectivity index (χ3n) is 2.68. The first-order valence-electron chi connectivity index (χ1n) is 5.72. The van der Waals surface area contributed by atoms with Crippen molar-refractivity contribution in [2.75, 3.05) is 0 Å². The number of rotatable bonds is 5. The van der Waals surface area contributed by atoms with E-state index in [-0.39, 0.29) is 18.4 Å². The summed E-state index contributed by atoms with van der Waals surface area (Å²) in [6, 6.07) is 5.04. The van der Waals surface area contributed by atoms with E-state index >= 15 is 0 Å². The molecule has 0 bridgehead atoms. The predicted octanol–water partition coefficient (Wildman–Crippen LogP) is 2.74. The number of halogens is 1. The molecule has 0 radical (unpaired) electrons. The van der Waals surface area contributed by atoms with Gasteiger partial charge >= 0.3 is 5.97 Å². The highest BCUT2D eigenvalue weighted by Crippen LogP contribution is 2.16. The second-order valence-electron chi connectivity index (χ2n) is 4.14. The summed E-state index contributed by atoms with van der Waals surface area (Å²) in [4.78, 5) is 22.6. The molecule has 18 heavy (non-hydrogen) atoms. The number of aliphatic carboxylic acids is 1. The number of benzene rings is 1. The molecule has 1 atom stereocenters. The quantitative estimate of drug-likeness (QED) is 0.878. The van der Waals surface area contributed by atoms with E-state index in [0.717, 1.165) is 10.0 Å². The molecule has 0 aliphatic carbocycles. The summed E-state index contributed by atoms with van der Waals surface area (Å²) in [5, 5.41) is 11.5. The predicted molar refractivity (Wildman–Crippen MR) is 72.7 cm³/mol. The monoisotopic (exact) mass is 313 g/mol. The summed E-state index contributed by atoms with van der Waals surface area (Å²) in [5.41, 5.74) is 1.43. The standard InChI is InChI=1S/C13H16BrNO3/c1-3-10(7-12(16)17)15-13(18)11-5-4-9(14)6-8(11)2/h4-6,10H,3,7H2,1-2H3,(H,15,18)(H,16,17). The molecule has 1 unspecified atom stereocenters. The van der Waals surface area contributed by atoms with Gasteiger partial charge in [-0.15, -0.1) is 0 Å². The van der Waals surface area contributed by atoms with E-state index in [2.05, 4.69) is 21.2 Å². The summed E-state index contributed by atoms with van der Waals surface area (Å²) in [6.07, 6.45) is 0.533. The summed E-state index contributed by atoms with van der Waals surface area (Å²) in [5.74, 6) is -1.14. The number of carboxylic acids is 1. The molecule has 0 heterocycles. The van der Waals surface area contributed by atoms with Crippen LogP contribution in [0.25, 0.3) is 0 Å². The molecule has 0 saturated heterocycles. The van der Waals surface area contributed by atoms with Crippen molar-refractivity contribution in [3.8, 4) is 0 Å². The van der Waals surface area contributed by atoms with E-state index in [0.29, 0.717) is 12.0 Å². The van der Waals surface area contributed by atoms with Crippen molar-refractivity contribution >= 4 is 27.8 Å². The Morgan fingerprint density at radius 1 is 1.44 bits per heavy atom. The minimum atomic E-state index is -0.908. The normalized spacial score (nSPS) is 11.9. The van der Waals surface area contributed by atoms with Crippen LogP contribution in [0.1, 0.15) is 35.7 Å². The molecular weight excluding hydrogens is 298 g/mol.